The Labute approximate surface area is 87.1 Å². The van der Waals surface area contributed by atoms with Crippen molar-refractivity contribution in [2.24, 2.45) is 0 Å². The van der Waals surface area contributed by atoms with Crippen molar-refractivity contribution >= 4 is 5.91 Å². The van der Waals surface area contributed by atoms with Gasteiger partial charge in [0.15, 0.2) is 0 Å². The molecule has 0 bridgehead atoms. The van der Waals surface area contributed by atoms with Crippen LogP contribution < -0.4 is 5.32 Å². The summed E-state index contributed by atoms with van der Waals surface area (Å²) >= 11 is 0. The maximum Gasteiger partial charge on any atom is 0.220 e. The highest BCUT2D eigenvalue weighted by Gasteiger charge is 1.97. The van der Waals surface area contributed by atoms with Crippen molar-refractivity contribution in [2.45, 2.75) is 46.5 Å². The SMILES string of the molecule is C/C=C\C/C=C(\CCCC)NC(C)=O. The molecule has 0 aromatic heterocycles. The molecule has 14 heavy (non-hydrogen) atoms. The smallest absolute Gasteiger partial charge is 0.220 e. The van der Waals surface area contributed by atoms with Gasteiger partial charge < -0.3 is 5.32 Å². The minimum Gasteiger partial charge on any atom is -0.330 e. The Morgan fingerprint density at radius 2 is 2.14 bits per heavy atom. The van der Waals surface area contributed by atoms with E-state index in [0.29, 0.717) is 0 Å². The lowest BCUT2D eigenvalue weighted by molar-refractivity contribution is -0.118. The quantitative estimate of drug-likeness (QED) is 0.648. The Morgan fingerprint density at radius 1 is 1.43 bits per heavy atom. The lowest BCUT2D eigenvalue weighted by atomic mass is 10.2. The molecular formula is C12H21NO. The first-order valence-corrected chi connectivity index (χ1v) is 5.28. The van der Waals surface area contributed by atoms with Gasteiger partial charge in [-0.2, -0.15) is 0 Å². The molecular weight excluding hydrogens is 174 g/mol. The molecule has 0 fully saturated rings. The highest BCUT2D eigenvalue weighted by atomic mass is 16.1. The van der Waals surface area contributed by atoms with E-state index >= 15 is 0 Å². The van der Waals surface area contributed by atoms with Crippen LogP contribution >= 0.6 is 0 Å². The Hall–Kier alpha value is -1.05. The Bertz CT molecular complexity index is 216. The van der Waals surface area contributed by atoms with Crippen molar-refractivity contribution in [1.82, 2.24) is 5.32 Å². The molecule has 0 rings (SSSR count). The Kier molecular flexibility index (Phi) is 7.90. The molecule has 0 unspecified atom stereocenters. The van der Waals surface area contributed by atoms with Gasteiger partial charge >= 0.3 is 0 Å². The van der Waals surface area contributed by atoms with Gasteiger partial charge in [0.25, 0.3) is 0 Å². The van der Waals surface area contributed by atoms with Crippen LogP contribution in [0, 0.1) is 0 Å². The van der Waals surface area contributed by atoms with Crippen LogP contribution in [0.15, 0.2) is 23.9 Å². The average molecular weight is 195 g/mol. The lowest BCUT2D eigenvalue weighted by Gasteiger charge is -2.06. The first-order chi connectivity index (χ1) is 6.70. The van der Waals surface area contributed by atoms with Crippen molar-refractivity contribution in [3.63, 3.8) is 0 Å². The second-order valence-corrected chi connectivity index (χ2v) is 3.32. The van der Waals surface area contributed by atoms with Crippen LogP contribution in [0.5, 0.6) is 0 Å². The standard InChI is InChI=1S/C12H21NO/c1-4-6-8-10-12(9-7-5-2)13-11(3)14/h4,6,10H,5,7-9H2,1-3H3,(H,13,14)/b6-4-,12-10+. The van der Waals surface area contributed by atoms with Crippen LogP contribution in [0.3, 0.4) is 0 Å². The molecule has 0 saturated carbocycles. The van der Waals surface area contributed by atoms with Crippen LogP contribution in [-0.2, 0) is 4.79 Å². The monoisotopic (exact) mass is 195 g/mol. The molecule has 1 amide bonds. The third-order valence-corrected chi connectivity index (χ3v) is 1.87. The fourth-order valence-electron chi connectivity index (χ4n) is 1.16. The first kappa shape index (κ1) is 12.9. The molecule has 0 atom stereocenters. The minimum absolute atomic E-state index is 0.0211. The van der Waals surface area contributed by atoms with Crippen molar-refractivity contribution in [2.75, 3.05) is 0 Å². The van der Waals surface area contributed by atoms with Crippen LogP contribution in [0.1, 0.15) is 46.5 Å². The molecule has 2 nitrogen and oxygen atoms in total. The maximum absolute atomic E-state index is 10.9. The van der Waals surface area contributed by atoms with Gasteiger partial charge in [0, 0.05) is 12.6 Å². The van der Waals surface area contributed by atoms with Crippen LogP contribution in [0.4, 0.5) is 0 Å². The fraction of sp³-hybridized carbons (Fsp3) is 0.583. The van der Waals surface area contributed by atoms with Gasteiger partial charge in [-0.1, -0.05) is 31.6 Å². The fourth-order valence-corrected chi connectivity index (χ4v) is 1.16. The highest BCUT2D eigenvalue weighted by Crippen LogP contribution is 2.05. The molecule has 0 radical (unpaired) electrons. The van der Waals surface area contributed by atoms with Crippen molar-refractivity contribution in [1.29, 1.82) is 0 Å². The second-order valence-electron chi connectivity index (χ2n) is 3.32. The molecule has 0 aromatic rings. The molecule has 0 aliphatic rings. The van der Waals surface area contributed by atoms with Crippen molar-refractivity contribution < 1.29 is 4.79 Å². The normalized spacial score (nSPS) is 12.1. The van der Waals surface area contributed by atoms with Crippen LogP contribution in [0.2, 0.25) is 0 Å². The topological polar surface area (TPSA) is 29.1 Å². The van der Waals surface area contributed by atoms with Gasteiger partial charge in [-0.3, -0.25) is 4.79 Å². The Balaban J connectivity index is 4.07. The summed E-state index contributed by atoms with van der Waals surface area (Å²) in [7, 11) is 0. The average Bonchev–Trinajstić information content (AvgIpc) is 2.13. The number of hydrogen-bond acceptors (Lipinski definition) is 1. The zero-order valence-corrected chi connectivity index (χ0v) is 9.47. The zero-order valence-electron chi connectivity index (χ0n) is 9.47. The molecule has 0 aliphatic carbocycles. The number of amides is 1. The summed E-state index contributed by atoms with van der Waals surface area (Å²) < 4.78 is 0. The Morgan fingerprint density at radius 3 is 2.64 bits per heavy atom. The molecule has 1 N–H and O–H groups in total. The van der Waals surface area contributed by atoms with Crippen LogP contribution in [-0.4, -0.2) is 5.91 Å². The summed E-state index contributed by atoms with van der Waals surface area (Å²) in [6, 6.07) is 0. The number of carbonyl (C=O) groups is 1. The van der Waals surface area contributed by atoms with E-state index in [-0.39, 0.29) is 5.91 Å². The number of rotatable bonds is 6. The number of allylic oxidation sites excluding steroid dienone is 4. The summed E-state index contributed by atoms with van der Waals surface area (Å²) in [6.45, 7) is 5.70. The minimum atomic E-state index is 0.0211. The summed E-state index contributed by atoms with van der Waals surface area (Å²) in [4.78, 5) is 10.9. The molecule has 0 aromatic carbocycles. The summed E-state index contributed by atoms with van der Waals surface area (Å²) in [5.74, 6) is 0.0211. The zero-order chi connectivity index (χ0) is 10.8. The van der Waals surface area contributed by atoms with E-state index in [1.54, 1.807) is 6.92 Å². The lowest BCUT2D eigenvalue weighted by Crippen LogP contribution is -2.19. The third kappa shape index (κ3) is 7.59. The molecule has 0 aliphatic heterocycles. The first-order valence-electron chi connectivity index (χ1n) is 5.28. The maximum atomic E-state index is 10.9. The van der Waals surface area contributed by atoms with Crippen molar-refractivity contribution in [3.05, 3.63) is 23.9 Å². The molecule has 0 heterocycles. The molecule has 0 spiro atoms. The molecule has 2 heteroatoms. The van der Waals surface area contributed by atoms with Gasteiger partial charge in [0.05, 0.1) is 0 Å². The van der Waals surface area contributed by atoms with E-state index in [2.05, 4.69) is 24.4 Å². The largest absolute Gasteiger partial charge is 0.330 e. The number of hydrogen-bond donors (Lipinski definition) is 1. The number of unbranched alkanes of at least 4 members (excludes halogenated alkanes) is 1. The van der Waals surface area contributed by atoms with Gasteiger partial charge in [-0.25, -0.2) is 0 Å². The number of carbonyl (C=O) groups excluding carboxylic acids is 1. The summed E-state index contributed by atoms with van der Waals surface area (Å²) in [5.41, 5.74) is 1.05. The third-order valence-electron chi connectivity index (χ3n) is 1.87. The van der Waals surface area contributed by atoms with E-state index in [0.717, 1.165) is 31.4 Å². The van der Waals surface area contributed by atoms with E-state index in [1.165, 1.54) is 0 Å². The molecule has 80 valence electrons. The predicted molar refractivity (Wildman–Crippen MR) is 60.9 cm³/mol. The van der Waals surface area contributed by atoms with Crippen LogP contribution in [0.25, 0.3) is 0 Å². The van der Waals surface area contributed by atoms with Gasteiger partial charge in [0.1, 0.15) is 0 Å². The predicted octanol–water partition coefficient (Wildman–Crippen LogP) is 3.16. The second kappa shape index (κ2) is 8.54. The summed E-state index contributed by atoms with van der Waals surface area (Å²) in [5, 5.41) is 2.86. The number of nitrogens with one attached hydrogen (secondary N) is 1. The highest BCUT2D eigenvalue weighted by molar-refractivity contribution is 5.74. The van der Waals surface area contributed by atoms with Gasteiger partial charge in [-0.15, -0.1) is 0 Å². The van der Waals surface area contributed by atoms with Crippen molar-refractivity contribution in [3.8, 4) is 0 Å². The van der Waals surface area contributed by atoms with Gasteiger partial charge in [0.2, 0.25) is 5.91 Å². The summed E-state index contributed by atoms with van der Waals surface area (Å²) in [6.07, 6.45) is 10.3. The van der Waals surface area contributed by atoms with E-state index in [9.17, 15) is 4.79 Å². The van der Waals surface area contributed by atoms with Gasteiger partial charge in [-0.05, 0) is 26.2 Å². The van der Waals surface area contributed by atoms with E-state index < -0.39 is 0 Å². The van der Waals surface area contributed by atoms with E-state index in [4.69, 9.17) is 0 Å². The van der Waals surface area contributed by atoms with E-state index in [1.807, 2.05) is 13.0 Å². The molecule has 0 saturated heterocycles.